The summed E-state index contributed by atoms with van der Waals surface area (Å²) >= 11 is 9.31. The van der Waals surface area contributed by atoms with Crippen LogP contribution >= 0.6 is 27.5 Å². The lowest BCUT2D eigenvalue weighted by Gasteiger charge is -2.26. The van der Waals surface area contributed by atoms with Crippen molar-refractivity contribution in [1.29, 1.82) is 0 Å². The van der Waals surface area contributed by atoms with Crippen LogP contribution in [0, 0.1) is 0 Å². The van der Waals surface area contributed by atoms with Crippen LogP contribution in [0.4, 0.5) is 5.69 Å². The van der Waals surface area contributed by atoms with Gasteiger partial charge in [0.2, 0.25) is 0 Å². The molecule has 0 bridgehead atoms. The van der Waals surface area contributed by atoms with Gasteiger partial charge in [0.1, 0.15) is 11.4 Å². The molecular formula is C9H7BrClNO2. The monoisotopic (exact) mass is 275 g/mol. The van der Waals surface area contributed by atoms with E-state index in [4.69, 9.17) is 16.3 Å². The summed E-state index contributed by atoms with van der Waals surface area (Å²) < 4.78 is 6.10. The third-order valence-electron chi connectivity index (χ3n) is 2.05. The molecule has 1 aliphatic heterocycles. The Morgan fingerprint density at radius 2 is 2.29 bits per heavy atom. The summed E-state index contributed by atoms with van der Waals surface area (Å²) in [4.78, 5) is 12.8. The Hall–Kier alpha value is -0.740. The van der Waals surface area contributed by atoms with Crippen LogP contribution in [-0.4, -0.2) is 19.6 Å². The molecule has 5 heteroatoms. The van der Waals surface area contributed by atoms with Crippen LogP contribution in [0.5, 0.6) is 5.75 Å². The number of anilines is 1. The lowest BCUT2D eigenvalue weighted by atomic mass is 10.2. The molecular weight excluding hydrogens is 269 g/mol. The minimum Gasteiger partial charge on any atom is -0.481 e. The fraction of sp³-hybridized carbons (Fsp3) is 0.222. The summed E-state index contributed by atoms with van der Waals surface area (Å²) in [6.45, 7) is 0.0658. The van der Waals surface area contributed by atoms with Crippen LogP contribution in [0.1, 0.15) is 0 Å². The smallest absolute Gasteiger partial charge is 0.264 e. The Morgan fingerprint density at radius 3 is 3.00 bits per heavy atom. The average Bonchev–Trinajstić information content (AvgIpc) is 2.10. The predicted molar refractivity (Wildman–Crippen MR) is 58.1 cm³/mol. The lowest BCUT2D eigenvalue weighted by Crippen LogP contribution is -2.35. The van der Waals surface area contributed by atoms with Gasteiger partial charge < -0.3 is 9.64 Å². The van der Waals surface area contributed by atoms with Crippen molar-refractivity contribution in [2.45, 2.75) is 0 Å². The van der Waals surface area contributed by atoms with Crippen molar-refractivity contribution in [1.82, 2.24) is 0 Å². The van der Waals surface area contributed by atoms with Crippen molar-refractivity contribution in [3.8, 4) is 5.75 Å². The molecule has 2 rings (SSSR count). The van der Waals surface area contributed by atoms with E-state index in [0.717, 1.165) is 4.47 Å². The molecule has 0 saturated heterocycles. The first-order valence-electron chi connectivity index (χ1n) is 3.98. The van der Waals surface area contributed by atoms with Crippen molar-refractivity contribution in [3.05, 3.63) is 21.6 Å². The molecule has 1 aromatic carbocycles. The average molecular weight is 277 g/mol. The molecule has 0 N–H and O–H groups in total. The Morgan fingerprint density at radius 1 is 1.57 bits per heavy atom. The highest BCUT2D eigenvalue weighted by Gasteiger charge is 2.24. The van der Waals surface area contributed by atoms with Crippen molar-refractivity contribution < 1.29 is 9.53 Å². The van der Waals surface area contributed by atoms with Gasteiger partial charge in [-0.25, -0.2) is 0 Å². The lowest BCUT2D eigenvalue weighted by molar-refractivity contribution is -0.120. The summed E-state index contributed by atoms with van der Waals surface area (Å²) in [5.74, 6) is 0.535. The first-order valence-corrected chi connectivity index (χ1v) is 5.15. The molecule has 0 saturated carbocycles. The van der Waals surface area contributed by atoms with Crippen LogP contribution in [0.25, 0.3) is 0 Å². The summed E-state index contributed by atoms with van der Waals surface area (Å²) in [5, 5.41) is 0.505. The number of nitrogens with zero attached hydrogens (tertiary/aromatic N) is 1. The van der Waals surface area contributed by atoms with E-state index in [1.165, 1.54) is 4.90 Å². The van der Waals surface area contributed by atoms with Crippen molar-refractivity contribution in [2.24, 2.45) is 0 Å². The van der Waals surface area contributed by atoms with Crippen LogP contribution < -0.4 is 9.64 Å². The third-order valence-corrected chi connectivity index (χ3v) is 2.80. The molecule has 0 fully saturated rings. The topological polar surface area (TPSA) is 29.5 Å². The highest BCUT2D eigenvalue weighted by atomic mass is 79.9. The van der Waals surface area contributed by atoms with Gasteiger partial charge in [0.05, 0.1) is 5.02 Å². The highest BCUT2D eigenvalue weighted by Crippen LogP contribution is 2.40. The zero-order valence-electron chi connectivity index (χ0n) is 7.38. The maximum atomic E-state index is 11.3. The number of ether oxygens (including phenoxy) is 1. The Bertz CT molecular complexity index is 408. The Balaban J connectivity index is 2.60. The molecule has 1 amide bonds. The van der Waals surface area contributed by atoms with E-state index in [1.54, 1.807) is 19.2 Å². The minimum absolute atomic E-state index is 0.0658. The summed E-state index contributed by atoms with van der Waals surface area (Å²) in [6.07, 6.45) is 0. The van der Waals surface area contributed by atoms with E-state index in [2.05, 4.69) is 15.9 Å². The van der Waals surface area contributed by atoms with E-state index >= 15 is 0 Å². The maximum Gasteiger partial charge on any atom is 0.264 e. The SMILES string of the molecule is CN1C(=O)COc2cc(Br)cc(Cl)c21. The predicted octanol–water partition coefficient (Wildman–Crippen LogP) is 2.46. The number of halogens is 2. The first kappa shape index (κ1) is 9.80. The third kappa shape index (κ3) is 1.48. The quantitative estimate of drug-likeness (QED) is 0.728. The van der Waals surface area contributed by atoms with Gasteiger partial charge in [0.15, 0.2) is 6.61 Å². The van der Waals surface area contributed by atoms with Crippen LogP contribution in [-0.2, 0) is 4.79 Å². The van der Waals surface area contributed by atoms with E-state index in [9.17, 15) is 4.79 Å². The van der Waals surface area contributed by atoms with Gasteiger partial charge >= 0.3 is 0 Å². The second kappa shape index (κ2) is 3.44. The molecule has 0 radical (unpaired) electrons. The molecule has 0 atom stereocenters. The maximum absolute atomic E-state index is 11.3. The number of rotatable bonds is 0. The number of carbonyl (C=O) groups excluding carboxylic acids is 1. The number of carbonyl (C=O) groups is 1. The van der Waals surface area contributed by atoms with Crippen molar-refractivity contribution >= 4 is 39.1 Å². The standard InChI is InChI=1S/C9H7BrClNO2/c1-12-8(13)4-14-7-3-5(10)2-6(11)9(7)12/h2-3H,4H2,1H3. The number of hydrogen-bond donors (Lipinski definition) is 0. The molecule has 1 aromatic rings. The van der Waals surface area contributed by atoms with Gasteiger partial charge in [0, 0.05) is 11.5 Å². The van der Waals surface area contributed by atoms with E-state index in [1.807, 2.05) is 0 Å². The second-order valence-electron chi connectivity index (χ2n) is 2.98. The first-order chi connectivity index (χ1) is 6.59. The number of fused-ring (bicyclic) bond motifs is 1. The van der Waals surface area contributed by atoms with Gasteiger partial charge in [-0.2, -0.15) is 0 Å². The van der Waals surface area contributed by atoms with Crippen LogP contribution in [0.2, 0.25) is 5.02 Å². The molecule has 1 aliphatic rings. The summed E-state index contributed by atoms with van der Waals surface area (Å²) in [6, 6.07) is 3.53. The van der Waals surface area contributed by atoms with Crippen LogP contribution in [0.3, 0.4) is 0 Å². The van der Waals surface area contributed by atoms with Gasteiger partial charge in [-0.05, 0) is 12.1 Å². The van der Waals surface area contributed by atoms with Gasteiger partial charge in [-0.15, -0.1) is 0 Å². The second-order valence-corrected chi connectivity index (χ2v) is 4.30. The van der Waals surface area contributed by atoms with Gasteiger partial charge in [-0.1, -0.05) is 27.5 Å². The minimum atomic E-state index is -0.0956. The number of likely N-dealkylation sites (N-methyl/N-ethyl adjacent to an activating group) is 1. The largest absolute Gasteiger partial charge is 0.481 e. The van der Waals surface area contributed by atoms with Gasteiger partial charge in [0.25, 0.3) is 5.91 Å². The number of benzene rings is 1. The summed E-state index contributed by atoms with van der Waals surface area (Å²) in [5.41, 5.74) is 0.631. The molecule has 3 nitrogen and oxygen atoms in total. The fourth-order valence-electron chi connectivity index (χ4n) is 1.34. The zero-order valence-corrected chi connectivity index (χ0v) is 9.72. The van der Waals surface area contributed by atoms with Crippen molar-refractivity contribution in [3.63, 3.8) is 0 Å². The fourth-order valence-corrected chi connectivity index (χ4v) is 2.24. The highest BCUT2D eigenvalue weighted by molar-refractivity contribution is 9.10. The van der Waals surface area contributed by atoms with Gasteiger partial charge in [-0.3, -0.25) is 4.79 Å². The number of hydrogen-bond acceptors (Lipinski definition) is 2. The van der Waals surface area contributed by atoms with Crippen molar-refractivity contribution in [2.75, 3.05) is 18.6 Å². The Kier molecular flexibility index (Phi) is 2.41. The Labute approximate surface area is 94.7 Å². The molecule has 1 heterocycles. The van der Waals surface area contributed by atoms with Crippen LogP contribution in [0.15, 0.2) is 16.6 Å². The molecule has 0 aromatic heterocycles. The van der Waals surface area contributed by atoms with E-state index in [-0.39, 0.29) is 12.5 Å². The molecule has 0 unspecified atom stereocenters. The van der Waals surface area contributed by atoms with E-state index < -0.39 is 0 Å². The summed E-state index contributed by atoms with van der Waals surface area (Å²) in [7, 11) is 1.68. The molecule has 0 aliphatic carbocycles. The zero-order chi connectivity index (χ0) is 10.3. The number of amides is 1. The molecule has 74 valence electrons. The molecule has 0 spiro atoms. The van der Waals surface area contributed by atoms with E-state index in [0.29, 0.717) is 16.5 Å². The normalized spacial score (nSPS) is 15.1. The molecule has 14 heavy (non-hydrogen) atoms.